The second-order valence-electron chi connectivity index (χ2n) is 2.97. The first-order valence-electron chi connectivity index (χ1n) is 5.10. The number of rotatable bonds is 9. The van der Waals surface area contributed by atoms with E-state index in [4.69, 9.17) is 9.05 Å². The van der Waals surface area contributed by atoms with Crippen LogP contribution in [0.1, 0.15) is 26.7 Å². The molecule has 16 heavy (non-hydrogen) atoms. The Balaban J connectivity index is 4.89. The van der Waals surface area contributed by atoms with Crippen molar-refractivity contribution in [2.75, 3.05) is 27.4 Å². The van der Waals surface area contributed by atoms with E-state index in [1.807, 2.05) is 13.8 Å². The molecule has 0 aliphatic carbocycles. The molecule has 0 unspecified atom stereocenters. The molecule has 0 aliphatic heterocycles. The second kappa shape index (κ2) is 7.59. The van der Waals surface area contributed by atoms with Gasteiger partial charge < -0.3 is 18.1 Å². The Kier molecular flexibility index (Phi) is 7.73. The number of hydrogen-bond donors (Lipinski definition) is 0. The quantitative estimate of drug-likeness (QED) is 0.600. The standard InChI is InChI=1S/C8H20O6P2/c1-5-7-13-16(10,14-8-6-2)15(9,11-3)12-4/h5-8H2,1-4H3. The molecule has 6 nitrogen and oxygen atoms in total. The molecule has 0 saturated heterocycles. The molecule has 8 heteroatoms. The molecule has 0 aliphatic rings. The molecule has 0 radical (unpaired) electrons. The van der Waals surface area contributed by atoms with Crippen LogP contribution in [0.3, 0.4) is 0 Å². The van der Waals surface area contributed by atoms with Crippen molar-refractivity contribution in [3.05, 3.63) is 0 Å². The third kappa shape index (κ3) is 3.95. The van der Waals surface area contributed by atoms with Crippen LogP contribution in [0.25, 0.3) is 0 Å². The molecule has 0 fully saturated rings. The maximum absolute atomic E-state index is 12.3. The molecule has 0 atom stereocenters. The fourth-order valence-electron chi connectivity index (χ4n) is 0.867. The van der Waals surface area contributed by atoms with Crippen LogP contribution in [0, 0.1) is 0 Å². The maximum atomic E-state index is 12.3. The zero-order chi connectivity index (χ0) is 12.7. The number of hydrogen-bond acceptors (Lipinski definition) is 6. The van der Waals surface area contributed by atoms with Crippen molar-refractivity contribution in [2.24, 2.45) is 0 Å². The van der Waals surface area contributed by atoms with Crippen molar-refractivity contribution in [2.45, 2.75) is 26.7 Å². The van der Waals surface area contributed by atoms with Crippen LogP contribution in [0.4, 0.5) is 0 Å². The fraction of sp³-hybridized carbons (Fsp3) is 1.00. The average Bonchev–Trinajstić information content (AvgIpc) is 2.32. The molecule has 0 spiro atoms. The first-order chi connectivity index (χ1) is 7.49. The van der Waals surface area contributed by atoms with Crippen LogP contribution in [-0.4, -0.2) is 27.4 Å². The molecule has 0 heterocycles. The summed E-state index contributed by atoms with van der Waals surface area (Å²) in [6.45, 7) is 4.04. The van der Waals surface area contributed by atoms with E-state index >= 15 is 0 Å². The van der Waals surface area contributed by atoms with Gasteiger partial charge in [-0.3, -0.25) is 0 Å². The molecule has 0 bridgehead atoms. The van der Waals surface area contributed by atoms with Crippen LogP contribution in [0.15, 0.2) is 0 Å². The van der Waals surface area contributed by atoms with Gasteiger partial charge in [0.2, 0.25) is 0 Å². The van der Waals surface area contributed by atoms with Gasteiger partial charge in [-0.1, -0.05) is 13.8 Å². The smallest absolute Gasteiger partial charge is 0.303 e. The normalized spacial score (nSPS) is 13.0. The lowest BCUT2D eigenvalue weighted by Gasteiger charge is -2.23. The molecule has 0 aromatic heterocycles. The van der Waals surface area contributed by atoms with Gasteiger partial charge in [-0.15, -0.1) is 0 Å². The molecule has 98 valence electrons. The van der Waals surface area contributed by atoms with Crippen LogP contribution in [0.2, 0.25) is 0 Å². The summed E-state index contributed by atoms with van der Waals surface area (Å²) >= 11 is 0. The topological polar surface area (TPSA) is 71.1 Å². The Morgan fingerprint density at radius 3 is 1.44 bits per heavy atom. The average molecular weight is 274 g/mol. The first kappa shape index (κ1) is 16.3. The van der Waals surface area contributed by atoms with Crippen LogP contribution in [-0.2, 0) is 27.2 Å². The third-order valence-corrected chi connectivity index (χ3v) is 7.69. The van der Waals surface area contributed by atoms with Crippen molar-refractivity contribution < 1.29 is 27.2 Å². The molecule has 0 aromatic rings. The van der Waals surface area contributed by atoms with E-state index in [1.165, 1.54) is 0 Å². The Labute approximate surface area is 96.6 Å². The Morgan fingerprint density at radius 1 is 0.812 bits per heavy atom. The summed E-state index contributed by atoms with van der Waals surface area (Å²) in [5.74, 6) is 0. The zero-order valence-corrected chi connectivity index (χ0v) is 12.0. The van der Waals surface area contributed by atoms with Gasteiger partial charge >= 0.3 is 14.6 Å². The lowest BCUT2D eigenvalue weighted by molar-refractivity contribution is 0.199. The van der Waals surface area contributed by atoms with E-state index in [9.17, 15) is 9.13 Å². The Morgan fingerprint density at radius 2 is 1.19 bits per heavy atom. The fourth-order valence-corrected chi connectivity index (χ4v) is 5.14. The maximum Gasteiger partial charge on any atom is 0.441 e. The van der Waals surface area contributed by atoms with Crippen molar-refractivity contribution >= 4 is 14.6 Å². The Hall–Kier alpha value is 0.300. The van der Waals surface area contributed by atoms with Gasteiger partial charge in [0.1, 0.15) is 0 Å². The molecule has 0 rings (SSSR count). The SMILES string of the molecule is CCCOP(=O)(OCCC)P(=O)(OC)OC. The summed E-state index contributed by atoms with van der Waals surface area (Å²) in [5, 5.41) is 0. The van der Waals surface area contributed by atoms with Crippen LogP contribution < -0.4 is 0 Å². The lowest BCUT2D eigenvalue weighted by Crippen LogP contribution is -2.02. The van der Waals surface area contributed by atoms with E-state index in [2.05, 4.69) is 9.05 Å². The largest absolute Gasteiger partial charge is 0.441 e. The van der Waals surface area contributed by atoms with Gasteiger partial charge in [-0.2, -0.15) is 0 Å². The van der Waals surface area contributed by atoms with E-state index in [-0.39, 0.29) is 13.2 Å². The minimum atomic E-state index is -3.86. The third-order valence-electron chi connectivity index (χ3n) is 1.68. The predicted molar refractivity (Wildman–Crippen MR) is 61.7 cm³/mol. The zero-order valence-electron chi connectivity index (χ0n) is 10.2. The van der Waals surface area contributed by atoms with E-state index < -0.39 is 14.6 Å². The monoisotopic (exact) mass is 274 g/mol. The van der Waals surface area contributed by atoms with Crippen molar-refractivity contribution in [3.63, 3.8) is 0 Å². The second-order valence-corrected chi connectivity index (χ2v) is 9.03. The highest BCUT2D eigenvalue weighted by atomic mass is 32.1. The van der Waals surface area contributed by atoms with Gasteiger partial charge in [-0.05, 0) is 12.8 Å². The summed E-state index contributed by atoms with van der Waals surface area (Å²) in [6.07, 6.45) is 1.26. The molecule has 0 saturated carbocycles. The van der Waals surface area contributed by atoms with E-state index in [0.29, 0.717) is 12.8 Å². The van der Waals surface area contributed by atoms with Crippen LogP contribution in [0.5, 0.6) is 0 Å². The summed E-state index contributed by atoms with van der Waals surface area (Å²) in [4.78, 5) is 0. The molecule has 0 aromatic carbocycles. The van der Waals surface area contributed by atoms with Crippen LogP contribution >= 0.6 is 14.6 Å². The summed E-state index contributed by atoms with van der Waals surface area (Å²) < 4.78 is 43.7. The minimum absolute atomic E-state index is 0.178. The van der Waals surface area contributed by atoms with Gasteiger partial charge in [0, 0.05) is 14.2 Å². The summed E-state index contributed by atoms with van der Waals surface area (Å²) in [7, 11) is -5.41. The first-order valence-corrected chi connectivity index (χ1v) is 8.89. The molecular formula is C8H20O6P2. The van der Waals surface area contributed by atoms with E-state index in [0.717, 1.165) is 14.2 Å². The van der Waals surface area contributed by atoms with Crippen molar-refractivity contribution in [1.82, 2.24) is 0 Å². The molecular weight excluding hydrogens is 254 g/mol. The summed E-state index contributed by atoms with van der Waals surface area (Å²) in [6, 6.07) is 0. The highest BCUT2D eigenvalue weighted by molar-refractivity contribution is 8.27. The van der Waals surface area contributed by atoms with Gasteiger partial charge in [-0.25, -0.2) is 9.13 Å². The lowest BCUT2D eigenvalue weighted by atomic mass is 10.5. The van der Waals surface area contributed by atoms with Gasteiger partial charge in [0.15, 0.2) is 0 Å². The van der Waals surface area contributed by atoms with Crippen molar-refractivity contribution in [1.29, 1.82) is 0 Å². The van der Waals surface area contributed by atoms with Crippen molar-refractivity contribution in [3.8, 4) is 0 Å². The van der Waals surface area contributed by atoms with Gasteiger partial charge in [0.05, 0.1) is 13.2 Å². The molecule has 0 N–H and O–H groups in total. The Bertz CT molecular complexity index is 260. The summed E-state index contributed by atoms with van der Waals surface area (Å²) in [5.41, 5.74) is 0. The molecule has 0 amide bonds. The highest BCUT2D eigenvalue weighted by Gasteiger charge is 2.49. The predicted octanol–water partition coefficient (Wildman–Crippen LogP) is 3.43. The highest BCUT2D eigenvalue weighted by Crippen LogP contribution is 2.83. The minimum Gasteiger partial charge on any atom is -0.303 e. The van der Waals surface area contributed by atoms with Gasteiger partial charge in [0.25, 0.3) is 0 Å². The van der Waals surface area contributed by atoms with E-state index in [1.54, 1.807) is 0 Å².